The number of rotatable bonds is 4. The number of pyridine rings is 1. The Kier molecular flexibility index (Phi) is 4.20. The van der Waals surface area contributed by atoms with Gasteiger partial charge in [-0.3, -0.25) is 0 Å². The summed E-state index contributed by atoms with van der Waals surface area (Å²) < 4.78 is 0. The highest BCUT2D eigenvalue weighted by Gasteiger charge is 2.20. The zero-order valence-corrected chi connectivity index (χ0v) is 12.8. The molecule has 1 N–H and O–H groups in total. The Balaban J connectivity index is 1.94. The van der Waals surface area contributed by atoms with Crippen LogP contribution in [-0.2, 0) is 13.0 Å². The fourth-order valence-electron chi connectivity index (χ4n) is 2.88. The van der Waals surface area contributed by atoms with Gasteiger partial charge in [-0.1, -0.05) is 38.1 Å². The van der Waals surface area contributed by atoms with Crippen LogP contribution in [0.15, 0.2) is 42.6 Å². The number of nitrogens with zero attached hydrogens (tertiary/aromatic N) is 2. The largest absolute Gasteiger partial charge is 0.326 e. The topological polar surface area (TPSA) is 28.2 Å². The van der Waals surface area contributed by atoms with E-state index < -0.39 is 0 Å². The van der Waals surface area contributed by atoms with Crippen LogP contribution in [0.2, 0.25) is 0 Å². The molecule has 0 bridgehead atoms. The number of anilines is 2. The number of nitrogens with one attached hydrogen (secondary N) is 1. The summed E-state index contributed by atoms with van der Waals surface area (Å²) in [5.74, 6) is 1.10. The molecule has 0 saturated carbocycles. The lowest BCUT2D eigenvalue weighted by Gasteiger charge is -2.31. The fraction of sp³-hybridized carbons (Fsp3) is 0.389. The Morgan fingerprint density at radius 3 is 2.90 bits per heavy atom. The summed E-state index contributed by atoms with van der Waals surface area (Å²) in [4.78, 5) is 7.04. The molecule has 3 rings (SSSR count). The molecule has 0 atom stereocenters. The van der Waals surface area contributed by atoms with Gasteiger partial charge in [0.1, 0.15) is 5.82 Å². The monoisotopic (exact) mass is 281 g/mol. The number of benzene rings is 1. The molecule has 0 aliphatic carbocycles. The molecule has 2 heterocycles. The van der Waals surface area contributed by atoms with Crippen LogP contribution in [-0.4, -0.2) is 17.6 Å². The standard InChI is InChI=1S/C18H23N3/c1-14(2)20-13-16-8-5-11-19-18(16)21-12-6-9-15-7-3-4-10-17(15)21/h3-5,7-8,10-11,14,20H,6,9,12-13H2,1-2H3. The molecule has 2 aromatic rings. The molecule has 110 valence electrons. The lowest BCUT2D eigenvalue weighted by Crippen LogP contribution is -2.28. The van der Waals surface area contributed by atoms with Gasteiger partial charge in [0.25, 0.3) is 0 Å². The Hall–Kier alpha value is -1.87. The van der Waals surface area contributed by atoms with E-state index in [1.165, 1.54) is 29.7 Å². The SMILES string of the molecule is CC(C)NCc1cccnc1N1CCCc2ccccc21. The highest BCUT2D eigenvalue weighted by Crippen LogP contribution is 2.33. The Bertz CT molecular complexity index is 607. The lowest BCUT2D eigenvalue weighted by molar-refractivity contribution is 0.587. The molecule has 0 unspecified atom stereocenters. The molecule has 0 radical (unpaired) electrons. The Morgan fingerprint density at radius 2 is 2.05 bits per heavy atom. The molecule has 3 heteroatoms. The van der Waals surface area contributed by atoms with Crippen molar-refractivity contribution < 1.29 is 0 Å². The number of aryl methyl sites for hydroxylation is 1. The first-order chi connectivity index (χ1) is 10.3. The summed E-state index contributed by atoms with van der Waals surface area (Å²) in [7, 11) is 0. The molecule has 1 aliphatic heterocycles. The van der Waals surface area contributed by atoms with Crippen molar-refractivity contribution in [2.45, 2.75) is 39.3 Å². The van der Waals surface area contributed by atoms with Crippen molar-refractivity contribution in [3.8, 4) is 0 Å². The summed E-state index contributed by atoms with van der Waals surface area (Å²) >= 11 is 0. The van der Waals surface area contributed by atoms with E-state index in [0.29, 0.717) is 6.04 Å². The lowest BCUT2D eigenvalue weighted by atomic mass is 10.0. The molecule has 21 heavy (non-hydrogen) atoms. The highest BCUT2D eigenvalue weighted by atomic mass is 15.2. The van der Waals surface area contributed by atoms with Crippen molar-refractivity contribution in [3.05, 3.63) is 53.7 Å². The molecular formula is C18H23N3. The average molecular weight is 281 g/mol. The molecular weight excluding hydrogens is 258 g/mol. The minimum atomic E-state index is 0.478. The van der Waals surface area contributed by atoms with Gasteiger partial charge >= 0.3 is 0 Å². The summed E-state index contributed by atoms with van der Waals surface area (Å²) in [5.41, 5.74) is 4.01. The van der Waals surface area contributed by atoms with Crippen LogP contribution in [0.25, 0.3) is 0 Å². The number of hydrogen-bond donors (Lipinski definition) is 1. The van der Waals surface area contributed by atoms with Crippen LogP contribution >= 0.6 is 0 Å². The van der Waals surface area contributed by atoms with Crippen molar-refractivity contribution in [1.29, 1.82) is 0 Å². The van der Waals surface area contributed by atoms with E-state index in [-0.39, 0.29) is 0 Å². The third-order valence-electron chi connectivity index (χ3n) is 3.93. The quantitative estimate of drug-likeness (QED) is 0.927. The van der Waals surface area contributed by atoms with E-state index in [4.69, 9.17) is 0 Å². The second-order valence-electron chi connectivity index (χ2n) is 5.91. The third kappa shape index (κ3) is 3.08. The zero-order valence-electron chi connectivity index (χ0n) is 12.8. The first-order valence-corrected chi connectivity index (χ1v) is 7.78. The third-order valence-corrected chi connectivity index (χ3v) is 3.93. The van der Waals surface area contributed by atoms with Crippen molar-refractivity contribution in [2.24, 2.45) is 0 Å². The minimum Gasteiger partial charge on any atom is -0.326 e. The minimum absolute atomic E-state index is 0.478. The maximum absolute atomic E-state index is 4.67. The van der Waals surface area contributed by atoms with Gasteiger partial charge in [-0.25, -0.2) is 4.98 Å². The van der Waals surface area contributed by atoms with Gasteiger partial charge in [-0.05, 0) is 30.5 Å². The number of hydrogen-bond acceptors (Lipinski definition) is 3. The van der Waals surface area contributed by atoms with Gasteiger partial charge in [-0.15, -0.1) is 0 Å². The molecule has 0 amide bonds. The van der Waals surface area contributed by atoms with E-state index >= 15 is 0 Å². The first-order valence-electron chi connectivity index (χ1n) is 7.78. The van der Waals surface area contributed by atoms with E-state index in [2.05, 4.69) is 59.4 Å². The molecule has 0 spiro atoms. The summed E-state index contributed by atoms with van der Waals surface area (Å²) in [6.07, 6.45) is 4.25. The molecule has 0 fully saturated rings. The second kappa shape index (κ2) is 6.27. The number of fused-ring (bicyclic) bond motifs is 1. The van der Waals surface area contributed by atoms with E-state index in [9.17, 15) is 0 Å². The van der Waals surface area contributed by atoms with Gasteiger partial charge < -0.3 is 10.2 Å². The molecule has 1 aliphatic rings. The predicted octanol–water partition coefficient (Wildman–Crippen LogP) is 3.66. The van der Waals surface area contributed by atoms with Crippen LogP contribution in [0.1, 0.15) is 31.4 Å². The summed E-state index contributed by atoms with van der Waals surface area (Å²) in [6, 6.07) is 13.4. The van der Waals surface area contributed by atoms with Gasteiger partial charge in [-0.2, -0.15) is 0 Å². The fourth-order valence-corrected chi connectivity index (χ4v) is 2.88. The van der Waals surface area contributed by atoms with Gasteiger partial charge in [0, 0.05) is 36.6 Å². The van der Waals surface area contributed by atoms with Crippen LogP contribution < -0.4 is 10.2 Å². The maximum atomic E-state index is 4.67. The number of aromatic nitrogens is 1. The zero-order chi connectivity index (χ0) is 14.7. The number of para-hydroxylation sites is 1. The van der Waals surface area contributed by atoms with E-state index in [1.807, 2.05) is 12.3 Å². The molecule has 1 aromatic heterocycles. The van der Waals surface area contributed by atoms with Gasteiger partial charge in [0.05, 0.1) is 0 Å². The molecule has 0 saturated heterocycles. The van der Waals surface area contributed by atoms with Crippen LogP contribution in [0, 0.1) is 0 Å². The second-order valence-corrected chi connectivity index (χ2v) is 5.91. The first kappa shape index (κ1) is 14.1. The Labute approximate surface area is 127 Å². The van der Waals surface area contributed by atoms with Crippen molar-refractivity contribution in [3.63, 3.8) is 0 Å². The van der Waals surface area contributed by atoms with E-state index in [0.717, 1.165) is 18.9 Å². The van der Waals surface area contributed by atoms with Gasteiger partial charge in [0.15, 0.2) is 0 Å². The van der Waals surface area contributed by atoms with Crippen LogP contribution in [0.3, 0.4) is 0 Å². The predicted molar refractivity (Wildman–Crippen MR) is 88.0 cm³/mol. The van der Waals surface area contributed by atoms with Crippen molar-refractivity contribution in [1.82, 2.24) is 10.3 Å². The summed E-state index contributed by atoms with van der Waals surface area (Å²) in [5, 5.41) is 3.50. The molecule has 1 aromatic carbocycles. The van der Waals surface area contributed by atoms with Crippen molar-refractivity contribution >= 4 is 11.5 Å². The molecule has 3 nitrogen and oxygen atoms in total. The van der Waals surface area contributed by atoms with Crippen LogP contribution in [0.5, 0.6) is 0 Å². The normalized spacial score (nSPS) is 14.3. The Morgan fingerprint density at radius 1 is 1.19 bits per heavy atom. The van der Waals surface area contributed by atoms with E-state index in [1.54, 1.807) is 0 Å². The smallest absolute Gasteiger partial charge is 0.137 e. The average Bonchev–Trinajstić information content (AvgIpc) is 2.53. The van der Waals surface area contributed by atoms with Crippen LogP contribution in [0.4, 0.5) is 11.5 Å². The maximum Gasteiger partial charge on any atom is 0.137 e. The van der Waals surface area contributed by atoms with Crippen molar-refractivity contribution in [2.75, 3.05) is 11.4 Å². The summed E-state index contributed by atoms with van der Waals surface area (Å²) in [6.45, 7) is 6.25. The van der Waals surface area contributed by atoms with Gasteiger partial charge in [0.2, 0.25) is 0 Å². The highest BCUT2D eigenvalue weighted by molar-refractivity contribution is 5.67.